The largest absolute Gasteiger partial charge is 0.333 e. The fourth-order valence-corrected chi connectivity index (χ4v) is 2.97. The van der Waals surface area contributed by atoms with Crippen LogP contribution in [0.25, 0.3) is 10.9 Å². The van der Waals surface area contributed by atoms with Crippen molar-refractivity contribution in [1.82, 2.24) is 20.4 Å². The van der Waals surface area contributed by atoms with Gasteiger partial charge in [-0.15, -0.1) is 0 Å². The van der Waals surface area contributed by atoms with Crippen molar-refractivity contribution in [2.45, 2.75) is 18.9 Å². The van der Waals surface area contributed by atoms with E-state index >= 15 is 0 Å². The Hall–Kier alpha value is -2.48. The first kappa shape index (κ1) is 14.5. The van der Waals surface area contributed by atoms with Gasteiger partial charge in [-0.1, -0.05) is 0 Å². The molecule has 3 rings (SSSR count). The lowest BCUT2D eigenvalue weighted by Gasteiger charge is -2.23. The first-order valence-corrected chi connectivity index (χ1v) is 7.20. The van der Waals surface area contributed by atoms with Crippen LogP contribution in [0.3, 0.4) is 0 Å². The molecule has 1 fully saturated rings. The number of non-ortho nitro benzene ring substituents is 1. The summed E-state index contributed by atoms with van der Waals surface area (Å²) in [5.41, 5.74) is 0.830. The lowest BCUT2D eigenvalue weighted by molar-refractivity contribution is -0.384. The molecule has 0 radical (unpaired) electrons. The van der Waals surface area contributed by atoms with Crippen molar-refractivity contribution in [3.05, 3.63) is 34.0 Å². The van der Waals surface area contributed by atoms with Gasteiger partial charge in [0.15, 0.2) is 5.69 Å². The molecule has 8 nitrogen and oxygen atoms in total. The maximum Gasteiger partial charge on any atom is 0.275 e. The van der Waals surface area contributed by atoms with Crippen molar-refractivity contribution in [1.29, 1.82) is 0 Å². The van der Waals surface area contributed by atoms with Gasteiger partial charge in [0.1, 0.15) is 0 Å². The number of likely N-dealkylation sites (tertiary alicyclic amines) is 1. The molecule has 1 saturated heterocycles. The van der Waals surface area contributed by atoms with E-state index in [0.717, 1.165) is 19.4 Å². The van der Waals surface area contributed by atoms with Crippen LogP contribution in [0.4, 0.5) is 5.69 Å². The van der Waals surface area contributed by atoms with Gasteiger partial charge in [0, 0.05) is 36.7 Å². The highest BCUT2D eigenvalue weighted by Crippen LogP contribution is 2.25. The highest BCUT2D eigenvalue weighted by atomic mass is 16.6. The molecule has 0 aliphatic carbocycles. The number of H-pyrrole nitrogens is 1. The molecular formula is C14H17N5O3. The van der Waals surface area contributed by atoms with Gasteiger partial charge in [0.05, 0.1) is 10.4 Å². The average molecular weight is 303 g/mol. The van der Waals surface area contributed by atoms with Gasteiger partial charge >= 0.3 is 0 Å². The molecular weight excluding hydrogens is 286 g/mol. The SMILES string of the molecule is CNCC1CCCN1C(=O)c1n[nH]c2ccc([N+](=O)[O-])cc12. The molecule has 1 amide bonds. The summed E-state index contributed by atoms with van der Waals surface area (Å²) in [6.45, 7) is 1.42. The van der Waals surface area contributed by atoms with Crippen LogP contribution in [0, 0.1) is 10.1 Å². The first-order chi connectivity index (χ1) is 10.6. The number of amides is 1. The Bertz CT molecular complexity index is 726. The third-order valence-corrected chi connectivity index (χ3v) is 4.04. The number of fused-ring (bicyclic) bond motifs is 1. The second-order valence-electron chi connectivity index (χ2n) is 5.41. The number of nitrogens with one attached hydrogen (secondary N) is 2. The van der Waals surface area contributed by atoms with Crippen molar-refractivity contribution < 1.29 is 9.72 Å². The van der Waals surface area contributed by atoms with Crippen molar-refractivity contribution in [2.24, 2.45) is 0 Å². The average Bonchev–Trinajstić information content (AvgIpc) is 3.12. The van der Waals surface area contributed by atoms with Crippen LogP contribution in [0.15, 0.2) is 18.2 Å². The number of rotatable bonds is 4. The lowest BCUT2D eigenvalue weighted by atomic mass is 10.1. The quantitative estimate of drug-likeness (QED) is 0.654. The number of hydrogen-bond donors (Lipinski definition) is 2. The minimum Gasteiger partial charge on any atom is -0.333 e. The molecule has 1 atom stereocenters. The summed E-state index contributed by atoms with van der Waals surface area (Å²) in [5, 5.41) is 21.3. The van der Waals surface area contributed by atoms with Crippen LogP contribution in [-0.4, -0.2) is 52.1 Å². The van der Waals surface area contributed by atoms with Gasteiger partial charge < -0.3 is 10.2 Å². The highest BCUT2D eigenvalue weighted by molar-refractivity contribution is 6.05. The normalized spacial score (nSPS) is 18.0. The number of carbonyl (C=O) groups excluding carboxylic acids is 1. The Balaban J connectivity index is 1.97. The van der Waals surface area contributed by atoms with Crippen LogP contribution in [0.5, 0.6) is 0 Å². The molecule has 0 bridgehead atoms. The Morgan fingerprint density at radius 1 is 1.59 bits per heavy atom. The molecule has 2 aromatic rings. The Morgan fingerprint density at radius 2 is 2.41 bits per heavy atom. The number of nitro benzene ring substituents is 1. The van der Waals surface area contributed by atoms with Crippen LogP contribution in [0.1, 0.15) is 23.3 Å². The molecule has 1 aliphatic rings. The second kappa shape index (κ2) is 5.72. The molecule has 1 aliphatic heterocycles. The number of hydrogen-bond acceptors (Lipinski definition) is 5. The summed E-state index contributed by atoms with van der Waals surface area (Å²) in [7, 11) is 1.86. The fraction of sp³-hybridized carbons (Fsp3) is 0.429. The summed E-state index contributed by atoms with van der Waals surface area (Å²) in [5.74, 6) is -0.176. The number of benzene rings is 1. The highest BCUT2D eigenvalue weighted by Gasteiger charge is 2.31. The predicted octanol–water partition coefficient (Wildman–Crippen LogP) is 1.30. The van der Waals surface area contributed by atoms with Crippen LogP contribution < -0.4 is 5.32 Å². The number of nitrogens with zero attached hydrogens (tertiary/aromatic N) is 3. The monoisotopic (exact) mass is 303 g/mol. The van der Waals surface area contributed by atoms with Crippen LogP contribution in [-0.2, 0) is 0 Å². The minimum atomic E-state index is -0.472. The number of aromatic amines is 1. The van der Waals surface area contributed by atoms with Gasteiger partial charge in [-0.2, -0.15) is 5.10 Å². The number of likely N-dealkylation sites (N-methyl/N-ethyl adjacent to an activating group) is 1. The molecule has 1 unspecified atom stereocenters. The maximum absolute atomic E-state index is 12.7. The molecule has 22 heavy (non-hydrogen) atoms. The van der Waals surface area contributed by atoms with Crippen molar-refractivity contribution in [3.8, 4) is 0 Å². The second-order valence-corrected chi connectivity index (χ2v) is 5.41. The minimum absolute atomic E-state index is 0.0452. The molecule has 0 saturated carbocycles. The summed E-state index contributed by atoms with van der Waals surface area (Å²) in [6, 6.07) is 4.51. The van der Waals surface area contributed by atoms with E-state index in [2.05, 4.69) is 15.5 Å². The first-order valence-electron chi connectivity index (χ1n) is 7.20. The van der Waals surface area contributed by atoms with E-state index in [1.807, 2.05) is 7.05 Å². The fourth-order valence-electron chi connectivity index (χ4n) is 2.97. The van der Waals surface area contributed by atoms with E-state index in [-0.39, 0.29) is 23.3 Å². The summed E-state index contributed by atoms with van der Waals surface area (Å²) in [6.07, 6.45) is 1.91. The van der Waals surface area contributed by atoms with E-state index in [9.17, 15) is 14.9 Å². The van der Waals surface area contributed by atoms with Crippen LogP contribution >= 0.6 is 0 Å². The third-order valence-electron chi connectivity index (χ3n) is 4.04. The van der Waals surface area contributed by atoms with Crippen molar-refractivity contribution >= 4 is 22.5 Å². The van der Waals surface area contributed by atoms with E-state index in [1.165, 1.54) is 12.1 Å². The van der Waals surface area contributed by atoms with Gasteiger partial charge in [0.2, 0.25) is 0 Å². The smallest absolute Gasteiger partial charge is 0.275 e. The van der Waals surface area contributed by atoms with Gasteiger partial charge in [-0.3, -0.25) is 20.0 Å². The number of aromatic nitrogens is 2. The topological polar surface area (TPSA) is 104 Å². The van der Waals surface area contributed by atoms with Crippen molar-refractivity contribution in [2.75, 3.05) is 20.1 Å². The Labute approximate surface area is 126 Å². The maximum atomic E-state index is 12.7. The molecule has 2 N–H and O–H groups in total. The zero-order valence-corrected chi connectivity index (χ0v) is 12.2. The van der Waals surface area contributed by atoms with Crippen LogP contribution in [0.2, 0.25) is 0 Å². The number of nitro groups is 1. The van der Waals surface area contributed by atoms with E-state index in [1.54, 1.807) is 11.0 Å². The van der Waals surface area contributed by atoms with Crippen molar-refractivity contribution in [3.63, 3.8) is 0 Å². The summed E-state index contributed by atoms with van der Waals surface area (Å²) < 4.78 is 0. The Kier molecular flexibility index (Phi) is 3.76. The Morgan fingerprint density at radius 3 is 3.14 bits per heavy atom. The molecule has 1 aromatic heterocycles. The van der Waals surface area contributed by atoms with E-state index < -0.39 is 4.92 Å². The summed E-state index contributed by atoms with van der Waals surface area (Å²) >= 11 is 0. The standard InChI is InChI=1S/C14H17N5O3/c1-15-8-10-3-2-6-18(10)14(20)13-11-7-9(19(21)22)4-5-12(11)16-17-13/h4-5,7,10,15H,2-3,6,8H2,1H3,(H,16,17). The zero-order valence-electron chi connectivity index (χ0n) is 12.2. The van der Waals surface area contributed by atoms with Gasteiger partial charge in [0.25, 0.3) is 11.6 Å². The third kappa shape index (κ3) is 2.41. The molecule has 8 heteroatoms. The molecule has 0 spiro atoms. The van der Waals surface area contributed by atoms with E-state index in [0.29, 0.717) is 17.4 Å². The zero-order chi connectivity index (χ0) is 15.7. The summed E-state index contributed by atoms with van der Waals surface area (Å²) in [4.78, 5) is 25.0. The van der Waals surface area contributed by atoms with Gasteiger partial charge in [-0.25, -0.2) is 0 Å². The lowest BCUT2D eigenvalue weighted by Crippen LogP contribution is -2.41. The van der Waals surface area contributed by atoms with Gasteiger partial charge in [-0.05, 0) is 26.0 Å². The van der Waals surface area contributed by atoms with E-state index in [4.69, 9.17) is 0 Å². The molecule has 116 valence electrons. The molecule has 1 aromatic carbocycles. The predicted molar refractivity (Wildman–Crippen MR) is 80.7 cm³/mol. The number of carbonyl (C=O) groups is 1. The molecule has 2 heterocycles.